The number of nitrogens with one attached hydrogen (secondary N) is 1. The summed E-state index contributed by atoms with van der Waals surface area (Å²) in [6.45, 7) is 1.89. The van der Waals surface area contributed by atoms with Gasteiger partial charge >= 0.3 is 0 Å². The number of rotatable bonds is 7. The van der Waals surface area contributed by atoms with Gasteiger partial charge in [-0.15, -0.1) is 0 Å². The largest absolute Gasteiger partial charge is 0.492 e. The van der Waals surface area contributed by atoms with Crippen LogP contribution in [0.4, 0.5) is 5.69 Å². The second-order valence-electron chi connectivity index (χ2n) is 5.34. The summed E-state index contributed by atoms with van der Waals surface area (Å²) in [7, 11) is -2.53. The van der Waals surface area contributed by atoms with Crippen molar-refractivity contribution in [1.82, 2.24) is 4.31 Å². The lowest BCUT2D eigenvalue weighted by atomic mass is 10.3. The molecule has 1 N–H and O–H groups in total. The molecule has 0 saturated heterocycles. The first-order chi connectivity index (χ1) is 12.2. The van der Waals surface area contributed by atoms with Gasteiger partial charge in [0.15, 0.2) is 0 Å². The Kier molecular flexibility index (Phi) is 7.05. The number of hydrogen-bond acceptors (Lipinski definition) is 4. The summed E-state index contributed by atoms with van der Waals surface area (Å²) in [6, 6.07) is 11.2. The summed E-state index contributed by atoms with van der Waals surface area (Å²) in [5, 5.41) is 2.85. The van der Waals surface area contributed by atoms with Crippen LogP contribution in [0, 0.1) is 0 Å². The van der Waals surface area contributed by atoms with Crippen molar-refractivity contribution in [2.45, 2.75) is 11.8 Å². The van der Waals surface area contributed by atoms with E-state index in [9.17, 15) is 13.2 Å². The fraction of sp³-hybridized carbons (Fsp3) is 0.235. The van der Waals surface area contributed by atoms with Crippen molar-refractivity contribution in [3.8, 4) is 5.75 Å². The summed E-state index contributed by atoms with van der Waals surface area (Å²) in [5.41, 5.74) is 0.569. The van der Waals surface area contributed by atoms with E-state index in [0.717, 1.165) is 8.78 Å². The third kappa shape index (κ3) is 5.20. The van der Waals surface area contributed by atoms with Crippen molar-refractivity contribution in [2.24, 2.45) is 0 Å². The number of carbonyl (C=O) groups excluding carboxylic acids is 1. The molecule has 0 bridgehead atoms. The fourth-order valence-corrected chi connectivity index (χ4v) is 4.00. The van der Waals surface area contributed by atoms with Crippen LogP contribution in [0.2, 0.25) is 5.02 Å². The maximum atomic E-state index is 12.6. The normalized spacial score (nSPS) is 11.4. The SMILES string of the molecule is CCOc1ccc(S(=O)(=O)N(C)CC(=O)Nc2cccc(Br)c2)cc1Cl. The molecule has 0 saturated carbocycles. The molecule has 1 amide bonds. The molecule has 2 aromatic carbocycles. The highest BCUT2D eigenvalue weighted by molar-refractivity contribution is 9.10. The van der Waals surface area contributed by atoms with E-state index in [4.69, 9.17) is 16.3 Å². The van der Waals surface area contributed by atoms with Crippen LogP contribution in [0.25, 0.3) is 0 Å². The third-order valence-corrected chi connectivity index (χ3v) is 5.97. The third-order valence-electron chi connectivity index (χ3n) is 3.39. The molecule has 0 aliphatic carbocycles. The lowest BCUT2D eigenvalue weighted by molar-refractivity contribution is -0.116. The first-order valence-corrected chi connectivity index (χ1v) is 10.3. The zero-order chi connectivity index (χ0) is 19.3. The fourth-order valence-electron chi connectivity index (χ4n) is 2.15. The highest BCUT2D eigenvalue weighted by Crippen LogP contribution is 2.28. The van der Waals surface area contributed by atoms with Gasteiger partial charge in [-0.25, -0.2) is 8.42 Å². The highest BCUT2D eigenvalue weighted by Gasteiger charge is 2.24. The molecule has 0 unspecified atom stereocenters. The number of nitrogens with zero attached hydrogens (tertiary/aromatic N) is 1. The molecule has 0 spiro atoms. The van der Waals surface area contributed by atoms with Crippen LogP contribution in [0.1, 0.15) is 6.92 Å². The van der Waals surface area contributed by atoms with E-state index in [-0.39, 0.29) is 16.5 Å². The Balaban J connectivity index is 2.10. The predicted molar refractivity (Wildman–Crippen MR) is 105 cm³/mol. The maximum absolute atomic E-state index is 12.6. The second kappa shape index (κ2) is 8.85. The van der Waals surface area contributed by atoms with Gasteiger partial charge in [0.1, 0.15) is 5.75 Å². The number of hydrogen-bond donors (Lipinski definition) is 1. The van der Waals surface area contributed by atoms with E-state index < -0.39 is 15.9 Å². The van der Waals surface area contributed by atoms with E-state index in [0.29, 0.717) is 18.0 Å². The molecule has 0 aliphatic rings. The number of anilines is 1. The lowest BCUT2D eigenvalue weighted by Crippen LogP contribution is -2.35. The molecule has 9 heteroatoms. The minimum Gasteiger partial charge on any atom is -0.492 e. The minimum absolute atomic E-state index is 0.0105. The van der Waals surface area contributed by atoms with Crippen molar-refractivity contribution < 1.29 is 17.9 Å². The predicted octanol–water partition coefficient (Wildman–Crippen LogP) is 3.76. The van der Waals surface area contributed by atoms with Gasteiger partial charge in [-0.1, -0.05) is 33.6 Å². The zero-order valence-electron chi connectivity index (χ0n) is 14.2. The van der Waals surface area contributed by atoms with Crippen molar-refractivity contribution in [1.29, 1.82) is 0 Å². The van der Waals surface area contributed by atoms with E-state index in [1.165, 1.54) is 25.2 Å². The van der Waals surface area contributed by atoms with Crippen LogP contribution in [-0.2, 0) is 14.8 Å². The molecule has 26 heavy (non-hydrogen) atoms. The molecule has 0 aromatic heterocycles. The molecular formula is C17H18BrClN2O4S. The van der Waals surface area contributed by atoms with Crippen molar-refractivity contribution >= 4 is 49.1 Å². The minimum atomic E-state index is -3.87. The Morgan fingerprint density at radius 3 is 2.62 bits per heavy atom. The molecule has 0 fully saturated rings. The number of benzene rings is 2. The number of amides is 1. The van der Waals surface area contributed by atoms with Crippen LogP contribution in [-0.4, -0.2) is 38.8 Å². The second-order valence-corrected chi connectivity index (χ2v) is 8.71. The Morgan fingerprint density at radius 1 is 1.27 bits per heavy atom. The van der Waals surface area contributed by atoms with Crippen LogP contribution in [0.3, 0.4) is 0 Å². The van der Waals surface area contributed by atoms with Gasteiger partial charge in [-0.05, 0) is 43.3 Å². The van der Waals surface area contributed by atoms with Crippen LogP contribution in [0.15, 0.2) is 51.8 Å². The van der Waals surface area contributed by atoms with E-state index in [2.05, 4.69) is 21.2 Å². The molecule has 0 atom stereocenters. The Hall–Kier alpha value is -1.61. The van der Waals surface area contributed by atoms with Crippen molar-refractivity contribution in [2.75, 3.05) is 25.5 Å². The van der Waals surface area contributed by atoms with E-state index in [1.807, 2.05) is 6.07 Å². The van der Waals surface area contributed by atoms with Gasteiger partial charge in [-0.3, -0.25) is 4.79 Å². The van der Waals surface area contributed by atoms with Gasteiger partial charge in [0, 0.05) is 17.2 Å². The summed E-state index contributed by atoms with van der Waals surface area (Å²) in [5.74, 6) is -0.0469. The molecule has 0 radical (unpaired) electrons. The summed E-state index contributed by atoms with van der Waals surface area (Å²) >= 11 is 9.36. The number of ether oxygens (including phenoxy) is 1. The molecule has 0 heterocycles. The van der Waals surface area contributed by atoms with Gasteiger partial charge in [-0.2, -0.15) is 4.31 Å². The topological polar surface area (TPSA) is 75.7 Å². The monoisotopic (exact) mass is 460 g/mol. The number of likely N-dealkylation sites (N-methyl/N-ethyl adjacent to an activating group) is 1. The molecular weight excluding hydrogens is 444 g/mol. The average molecular weight is 462 g/mol. The summed E-state index contributed by atoms with van der Waals surface area (Å²) in [6.07, 6.45) is 0. The van der Waals surface area contributed by atoms with Gasteiger partial charge in [0.2, 0.25) is 15.9 Å². The quantitative estimate of drug-likeness (QED) is 0.681. The Morgan fingerprint density at radius 2 is 2.00 bits per heavy atom. The number of carbonyl (C=O) groups is 1. The van der Waals surface area contributed by atoms with Crippen LogP contribution >= 0.6 is 27.5 Å². The van der Waals surface area contributed by atoms with Crippen molar-refractivity contribution in [3.63, 3.8) is 0 Å². The summed E-state index contributed by atoms with van der Waals surface area (Å²) in [4.78, 5) is 12.1. The standard InChI is InChI=1S/C17H18BrClN2O4S/c1-3-25-16-8-7-14(10-15(16)19)26(23,24)21(2)11-17(22)20-13-6-4-5-12(18)9-13/h4-10H,3,11H2,1-2H3,(H,20,22). The summed E-state index contributed by atoms with van der Waals surface area (Å²) < 4.78 is 32.3. The molecule has 140 valence electrons. The number of halogens is 2. The number of sulfonamides is 1. The zero-order valence-corrected chi connectivity index (χ0v) is 17.4. The van der Waals surface area contributed by atoms with Gasteiger partial charge in [0.25, 0.3) is 0 Å². The smallest absolute Gasteiger partial charge is 0.243 e. The van der Waals surface area contributed by atoms with Gasteiger partial charge in [0.05, 0.1) is 23.1 Å². The van der Waals surface area contributed by atoms with E-state index >= 15 is 0 Å². The first kappa shape index (κ1) is 20.7. The molecule has 2 rings (SSSR count). The van der Waals surface area contributed by atoms with E-state index in [1.54, 1.807) is 25.1 Å². The van der Waals surface area contributed by atoms with Gasteiger partial charge < -0.3 is 10.1 Å². The highest BCUT2D eigenvalue weighted by atomic mass is 79.9. The molecule has 6 nitrogen and oxygen atoms in total. The van der Waals surface area contributed by atoms with Crippen LogP contribution in [0.5, 0.6) is 5.75 Å². The first-order valence-electron chi connectivity index (χ1n) is 7.68. The molecule has 0 aliphatic heterocycles. The van der Waals surface area contributed by atoms with Crippen molar-refractivity contribution in [3.05, 3.63) is 52.0 Å². The lowest BCUT2D eigenvalue weighted by Gasteiger charge is -2.17. The Bertz CT molecular complexity index is 905. The van der Waals surface area contributed by atoms with Crippen LogP contribution < -0.4 is 10.1 Å². The maximum Gasteiger partial charge on any atom is 0.243 e. The average Bonchev–Trinajstić information content (AvgIpc) is 2.56. The Labute approximate surface area is 166 Å². The molecule has 2 aromatic rings.